The van der Waals surface area contributed by atoms with E-state index in [1.54, 1.807) is 29.4 Å². The van der Waals surface area contributed by atoms with E-state index in [-0.39, 0.29) is 17.9 Å². The maximum absolute atomic E-state index is 13.3. The lowest BCUT2D eigenvalue weighted by Gasteiger charge is -2.43. The number of nitrogens with zero attached hydrogens (tertiary/aromatic N) is 4. The van der Waals surface area contributed by atoms with Crippen molar-refractivity contribution in [2.75, 3.05) is 59.0 Å². The van der Waals surface area contributed by atoms with E-state index in [4.69, 9.17) is 10.5 Å². The summed E-state index contributed by atoms with van der Waals surface area (Å²) in [6.07, 6.45) is 4.63. The summed E-state index contributed by atoms with van der Waals surface area (Å²) in [5.74, 6) is -0.286. The van der Waals surface area contributed by atoms with Crippen molar-refractivity contribution in [3.8, 4) is 0 Å². The summed E-state index contributed by atoms with van der Waals surface area (Å²) in [5, 5.41) is 2.92. The number of hydrogen-bond donors (Lipinski definition) is 2. The van der Waals surface area contributed by atoms with Gasteiger partial charge in [-0.2, -0.15) is 0 Å². The van der Waals surface area contributed by atoms with Crippen LogP contribution in [0.15, 0.2) is 36.7 Å². The number of hydrogen-bond acceptors (Lipinski definition) is 8. The average molecular weight is 515 g/mol. The summed E-state index contributed by atoms with van der Waals surface area (Å²) in [5.41, 5.74) is 6.15. The second kappa shape index (κ2) is 13.3. The Labute approximate surface area is 217 Å². The van der Waals surface area contributed by atoms with Gasteiger partial charge in [0.15, 0.2) is 0 Å². The van der Waals surface area contributed by atoms with Crippen LogP contribution in [-0.4, -0.2) is 103 Å². The van der Waals surface area contributed by atoms with Crippen LogP contribution >= 0.6 is 11.3 Å². The van der Waals surface area contributed by atoms with Crippen LogP contribution in [0, 0.1) is 6.92 Å². The number of morpholine rings is 1. The second-order valence-corrected chi connectivity index (χ2v) is 10.8. The van der Waals surface area contributed by atoms with E-state index in [0.29, 0.717) is 31.6 Å². The quantitative estimate of drug-likeness (QED) is 0.493. The average Bonchev–Trinajstić information content (AvgIpc) is 3.34. The zero-order valence-corrected chi connectivity index (χ0v) is 21.9. The summed E-state index contributed by atoms with van der Waals surface area (Å²) in [7, 11) is 0. The molecule has 2 aliphatic rings. The summed E-state index contributed by atoms with van der Waals surface area (Å²) >= 11 is 1.82. The molecule has 1 unspecified atom stereocenters. The van der Waals surface area contributed by atoms with E-state index in [2.05, 4.69) is 39.2 Å². The van der Waals surface area contributed by atoms with Gasteiger partial charge in [-0.15, -0.1) is 11.3 Å². The molecule has 2 aromatic heterocycles. The first-order valence-electron chi connectivity index (χ1n) is 12.8. The van der Waals surface area contributed by atoms with E-state index in [1.165, 1.54) is 9.75 Å². The molecule has 36 heavy (non-hydrogen) atoms. The standard InChI is InChI=1S/C26H38N6O3S/c1-20-4-5-23(36-20)19-31(12-11-30-13-15-35-16-14-30)22-6-10-32(24(17-22)25(33)29-9-7-27)26(34)21-3-2-8-28-18-21/h2-5,8,18,22,24H,6-7,9-17,19,27H2,1H3,(H,29,33)/t22?,24-/m1/s1. The lowest BCUT2D eigenvalue weighted by molar-refractivity contribution is -0.127. The van der Waals surface area contributed by atoms with Gasteiger partial charge in [0.1, 0.15) is 6.04 Å². The highest BCUT2D eigenvalue weighted by molar-refractivity contribution is 7.11. The van der Waals surface area contributed by atoms with Gasteiger partial charge in [0.05, 0.1) is 18.8 Å². The number of rotatable bonds is 10. The molecule has 4 heterocycles. The van der Waals surface area contributed by atoms with Crippen LogP contribution in [0.3, 0.4) is 0 Å². The largest absolute Gasteiger partial charge is 0.379 e. The fourth-order valence-corrected chi connectivity index (χ4v) is 5.91. The molecular weight excluding hydrogens is 476 g/mol. The molecule has 0 bridgehead atoms. The zero-order valence-electron chi connectivity index (χ0n) is 21.1. The number of nitrogens with two attached hydrogens (primary N) is 1. The Morgan fingerprint density at radius 1 is 1.25 bits per heavy atom. The molecule has 2 aliphatic heterocycles. The molecule has 2 fully saturated rings. The smallest absolute Gasteiger partial charge is 0.256 e. The van der Waals surface area contributed by atoms with Gasteiger partial charge >= 0.3 is 0 Å². The lowest BCUT2D eigenvalue weighted by atomic mass is 9.94. The Balaban J connectivity index is 1.51. The maximum atomic E-state index is 13.3. The van der Waals surface area contributed by atoms with Crippen LogP contribution in [0.2, 0.25) is 0 Å². The third-order valence-corrected chi connectivity index (χ3v) is 7.95. The van der Waals surface area contributed by atoms with Crippen LogP contribution < -0.4 is 11.1 Å². The molecule has 2 atom stereocenters. The van der Waals surface area contributed by atoms with Crippen molar-refractivity contribution in [3.63, 3.8) is 0 Å². The number of carbonyl (C=O) groups excluding carboxylic acids is 2. The summed E-state index contributed by atoms with van der Waals surface area (Å²) in [4.78, 5) is 40.0. The number of piperidine rings is 1. The first kappa shape index (κ1) is 26.7. The van der Waals surface area contributed by atoms with Crippen LogP contribution in [-0.2, 0) is 16.1 Å². The number of thiophene rings is 1. The number of aromatic nitrogens is 1. The zero-order chi connectivity index (χ0) is 25.3. The summed E-state index contributed by atoms with van der Waals surface area (Å²) in [6.45, 7) is 9.60. The number of aryl methyl sites for hydroxylation is 1. The normalized spacial score (nSPS) is 21.0. The van der Waals surface area contributed by atoms with Gasteiger partial charge in [-0.25, -0.2) is 0 Å². The number of amides is 2. The molecule has 2 saturated heterocycles. The highest BCUT2D eigenvalue weighted by Gasteiger charge is 2.38. The molecule has 3 N–H and O–H groups in total. The van der Waals surface area contributed by atoms with Crippen molar-refractivity contribution in [2.45, 2.75) is 38.4 Å². The minimum atomic E-state index is -0.543. The third-order valence-electron chi connectivity index (χ3n) is 6.97. The molecule has 0 spiro atoms. The van der Waals surface area contributed by atoms with Crippen LogP contribution in [0.4, 0.5) is 0 Å². The van der Waals surface area contributed by atoms with Gasteiger partial charge in [-0.05, 0) is 44.0 Å². The lowest BCUT2D eigenvalue weighted by Crippen LogP contribution is -2.58. The molecule has 0 radical (unpaired) electrons. The number of ether oxygens (including phenoxy) is 1. The minimum Gasteiger partial charge on any atom is -0.379 e. The molecule has 0 saturated carbocycles. The van der Waals surface area contributed by atoms with Crippen LogP contribution in [0.1, 0.15) is 33.0 Å². The number of nitrogens with one attached hydrogen (secondary N) is 1. The Morgan fingerprint density at radius 2 is 2.08 bits per heavy atom. The molecule has 2 amide bonds. The van der Waals surface area contributed by atoms with Gasteiger partial charge < -0.3 is 20.7 Å². The van der Waals surface area contributed by atoms with E-state index in [9.17, 15) is 9.59 Å². The third kappa shape index (κ3) is 7.10. The van der Waals surface area contributed by atoms with E-state index in [0.717, 1.165) is 52.4 Å². The number of likely N-dealkylation sites (tertiary alicyclic amines) is 1. The highest BCUT2D eigenvalue weighted by atomic mass is 32.1. The fraction of sp³-hybridized carbons (Fsp3) is 0.577. The van der Waals surface area contributed by atoms with Crippen molar-refractivity contribution in [1.29, 1.82) is 0 Å². The Bertz CT molecular complexity index is 981. The molecular formula is C26H38N6O3S. The van der Waals surface area contributed by atoms with E-state index < -0.39 is 6.04 Å². The highest BCUT2D eigenvalue weighted by Crippen LogP contribution is 2.27. The number of pyridine rings is 1. The van der Waals surface area contributed by atoms with Gasteiger partial charge in [0, 0.05) is 80.5 Å². The van der Waals surface area contributed by atoms with Gasteiger partial charge in [-0.3, -0.25) is 24.4 Å². The summed E-state index contributed by atoms with van der Waals surface area (Å²) < 4.78 is 5.52. The Morgan fingerprint density at radius 3 is 2.78 bits per heavy atom. The molecule has 0 aromatic carbocycles. The van der Waals surface area contributed by atoms with Crippen LogP contribution in [0.25, 0.3) is 0 Å². The predicted octanol–water partition coefficient (Wildman–Crippen LogP) is 1.33. The van der Waals surface area contributed by atoms with Crippen molar-refractivity contribution < 1.29 is 14.3 Å². The Kier molecular flexibility index (Phi) is 9.82. The van der Waals surface area contributed by atoms with Gasteiger partial charge in [0.2, 0.25) is 5.91 Å². The van der Waals surface area contributed by atoms with E-state index >= 15 is 0 Å². The number of carbonyl (C=O) groups is 2. The maximum Gasteiger partial charge on any atom is 0.256 e. The van der Waals surface area contributed by atoms with Gasteiger partial charge in [-0.1, -0.05) is 0 Å². The van der Waals surface area contributed by atoms with Crippen molar-refractivity contribution in [3.05, 3.63) is 52.0 Å². The molecule has 9 nitrogen and oxygen atoms in total. The molecule has 196 valence electrons. The fourth-order valence-electron chi connectivity index (χ4n) is 4.99. The minimum absolute atomic E-state index is 0.137. The summed E-state index contributed by atoms with van der Waals surface area (Å²) in [6, 6.07) is 7.52. The first-order valence-corrected chi connectivity index (χ1v) is 13.6. The second-order valence-electron chi connectivity index (χ2n) is 9.45. The van der Waals surface area contributed by atoms with Gasteiger partial charge in [0.25, 0.3) is 5.91 Å². The Hall–Kier alpha value is -2.37. The predicted molar refractivity (Wildman–Crippen MR) is 141 cm³/mol. The van der Waals surface area contributed by atoms with E-state index in [1.807, 2.05) is 11.3 Å². The van der Waals surface area contributed by atoms with Crippen molar-refractivity contribution in [2.24, 2.45) is 5.73 Å². The molecule has 0 aliphatic carbocycles. The molecule has 2 aromatic rings. The SMILES string of the molecule is Cc1ccc(CN(CCN2CCOCC2)C2CCN(C(=O)c3cccnc3)[C@@H](C(=O)NCCN)C2)s1. The molecule has 10 heteroatoms. The monoisotopic (exact) mass is 514 g/mol. The van der Waals surface area contributed by atoms with Crippen LogP contribution in [0.5, 0.6) is 0 Å². The van der Waals surface area contributed by atoms with Crippen molar-refractivity contribution >= 4 is 23.2 Å². The molecule has 4 rings (SSSR count). The van der Waals surface area contributed by atoms with Crippen molar-refractivity contribution in [1.82, 2.24) is 25.0 Å². The topological polar surface area (TPSA) is 104 Å². The first-order chi connectivity index (χ1) is 17.5.